The lowest BCUT2D eigenvalue weighted by molar-refractivity contribution is 0.161. The molecule has 0 spiro atoms. The van der Waals surface area contributed by atoms with Crippen LogP contribution in [0.15, 0.2) is 11.6 Å². The first kappa shape index (κ1) is 12.9. The third-order valence-corrected chi connectivity index (χ3v) is 1.80. The van der Waals surface area contributed by atoms with E-state index in [1.165, 1.54) is 0 Å². The molecule has 4 heteroatoms. The summed E-state index contributed by atoms with van der Waals surface area (Å²) in [5, 5.41) is 3.83. The van der Waals surface area contributed by atoms with Crippen LogP contribution in [0, 0.1) is 0 Å². The van der Waals surface area contributed by atoms with Crippen LogP contribution in [-0.2, 0) is 4.74 Å². The molecule has 0 atom stereocenters. The summed E-state index contributed by atoms with van der Waals surface area (Å²) < 4.78 is 4.96. The Bertz CT molecular complexity index is 142. The molecule has 0 aliphatic carbocycles. The number of nitrogens with zero attached hydrogens (tertiary/aromatic N) is 1. The first-order valence-corrected chi connectivity index (χ1v) is 4.76. The van der Waals surface area contributed by atoms with Crippen LogP contribution in [0.25, 0.3) is 0 Å². The Morgan fingerprint density at radius 1 is 1.54 bits per heavy atom. The van der Waals surface area contributed by atoms with E-state index in [0.29, 0.717) is 11.6 Å². The van der Waals surface area contributed by atoms with E-state index in [-0.39, 0.29) is 0 Å². The average Bonchev–Trinajstić information content (AvgIpc) is 2.08. The third kappa shape index (κ3) is 9.83. The Hall–Kier alpha value is -0.0900. The van der Waals surface area contributed by atoms with E-state index >= 15 is 0 Å². The van der Waals surface area contributed by atoms with Gasteiger partial charge >= 0.3 is 0 Å². The zero-order valence-corrected chi connectivity index (χ0v) is 9.23. The van der Waals surface area contributed by atoms with Crippen molar-refractivity contribution in [3.63, 3.8) is 0 Å². The summed E-state index contributed by atoms with van der Waals surface area (Å²) in [5.74, 6) is 0. The fourth-order valence-corrected chi connectivity index (χ4v) is 0.947. The largest absolute Gasteiger partial charge is 0.383 e. The van der Waals surface area contributed by atoms with Gasteiger partial charge in [-0.3, -0.25) is 0 Å². The molecular weight excluding hydrogens is 188 g/mol. The minimum atomic E-state index is 0.652. The number of methoxy groups -OCH3 is 1. The van der Waals surface area contributed by atoms with Crippen molar-refractivity contribution in [1.29, 1.82) is 0 Å². The fourth-order valence-electron chi connectivity index (χ4n) is 0.853. The zero-order chi connectivity index (χ0) is 10.1. The third-order valence-electron chi connectivity index (χ3n) is 1.66. The highest BCUT2D eigenvalue weighted by atomic mass is 35.5. The van der Waals surface area contributed by atoms with Gasteiger partial charge in [0.2, 0.25) is 0 Å². The highest BCUT2D eigenvalue weighted by molar-refractivity contribution is 6.29. The van der Waals surface area contributed by atoms with E-state index in [9.17, 15) is 0 Å². The Morgan fingerprint density at radius 3 is 2.77 bits per heavy atom. The molecule has 0 rings (SSSR count). The van der Waals surface area contributed by atoms with Crippen LogP contribution < -0.4 is 5.32 Å². The number of ether oxygens (including phenoxy) is 1. The van der Waals surface area contributed by atoms with Crippen molar-refractivity contribution < 1.29 is 4.74 Å². The lowest BCUT2D eigenvalue weighted by atomic mass is 10.5. The molecule has 78 valence electrons. The lowest BCUT2D eigenvalue weighted by Crippen LogP contribution is -2.31. The van der Waals surface area contributed by atoms with Gasteiger partial charge in [0.25, 0.3) is 0 Å². The van der Waals surface area contributed by atoms with Gasteiger partial charge in [-0.2, -0.15) is 0 Å². The maximum absolute atomic E-state index is 5.59. The highest BCUT2D eigenvalue weighted by Gasteiger charge is 1.96. The first-order valence-electron chi connectivity index (χ1n) is 4.38. The van der Waals surface area contributed by atoms with E-state index in [1.807, 2.05) is 0 Å². The summed E-state index contributed by atoms with van der Waals surface area (Å²) in [6, 6.07) is 0. The molecule has 0 aliphatic heterocycles. The fraction of sp³-hybridized carbons (Fsp3) is 0.778. The Balaban J connectivity index is 3.16. The molecule has 0 saturated heterocycles. The highest BCUT2D eigenvalue weighted by Crippen LogP contribution is 1.91. The van der Waals surface area contributed by atoms with Crippen molar-refractivity contribution in [2.45, 2.75) is 0 Å². The van der Waals surface area contributed by atoms with Gasteiger partial charge in [-0.1, -0.05) is 18.2 Å². The van der Waals surface area contributed by atoms with Crippen LogP contribution in [0.3, 0.4) is 0 Å². The van der Waals surface area contributed by atoms with Crippen LogP contribution in [0.5, 0.6) is 0 Å². The van der Waals surface area contributed by atoms with Crippen LogP contribution >= 0.6 is 11.6 Å². The van der Waals surface area contributed by atoms with Gasteiger partial charge in [-0.25, -0.2) is 0 Å². The molecule has 0 aromatic heterocycles. The minimum absolute atomic E-state index is 0.652. The molecule has 0 fully saturated rings. The standard InChI is InChI=1S/C9H19ClN2O/c1-9(10)8-11-4-5-12(2)6-7-13-3/h11H,1,4-8H2,2-3H3. The maximum Gasteiger partial charge on any atom is 0.0589 e. The van der Waals surface area contributed by atoms with Gasteiger partial charge < -0.3 is 15.0 Å². The Morgan fingerprint density at radius 2 is 2.23 bits per heavy atom. The van der Waals surface area contributed by atoms with Gasteiger partial charge in [0.1, 0.15) is 0 Å². The van der Waals surface area contributed by atoms with Crippen LogP contribution in [0.1, 0.15) is 0 Å². The summed E-state index contributed by atoms with van der Waals surface area (Å²) in [7, 11) is 3.78. The van der Waals surface area contributed by atoms with Crippen LogP contribution in [-0.4, -0.2) is 51.8 Å². The van der Waals surface area contributed by atoms with Gasteiger partial charge in [0.05, 0.1) is 6.61 Å². The molecule has 0 amide bonds. The number of nitrogens with one attached hydrogen (secondary N) is 1. The molecule has 0 saturated carbocycles. The Kier molecular flexibility index (Phi) is 8.45. The first-order chi connectivity index (χ1) is 6.16. The zero-order valence-electron chi connectivity index (χ0n) is 8.48. The minimum Gasteiger partial charge on any atom is -0.383 e. The summed E-state index contributed by atoms with van der Waals surface area (Å²) in [4.78, 5) is 2.20. The number of halogens is 1. The van der Waals surface area contributed by atoms with Crippen molar-refractivity contribution in [3.8, 4) is 0 Å². The predicted octanol–water partition coefficient (Wildman–Crippen LogP) is 0.907. The summed E-state index contributed by atoms with van der Waals surface area (Å²) >= 11 is 5.59. The van der Waals surface area contributed by atoms with E-state index in [2.05, 4.69) is 23.8 Å². The monoisotopic (exact) mass is 206 g/mol. The van der Waals surface area contributed by atoms with Crippen LogP contribution in [0.2, 0.25) is 0 Å². The number of rotatable bonds is 8. The molecule has 0 radical (unpaired) electrons. The van der Waals surface area contributed by atoms with Crippen molar-refractivity contribution in [2.75, 3.05) is 46.9 Å². The van der Waals surface area contributed by atoms with Gasteiger partial charge in [-0.05, 0) is 7.05 Å². The van der Waals surface area contributed by atoms with Crippen molar-refractivity contribution in [2.24, 2.45) is 0 Å². The van der Waals surface area contributed by atoms with Crippen molar-refractivity contribution in [1.82, 2.24) is 10.2 Å². The second-order valence-electron chi connectivity index (χ2n) is 2.99. The lowest BCUT2D eigenvalue weighted by Gasteiger charge is -2.15. The molecule has 0 heterocycles. The SMILES string of the molecule is C=C(Cl)CNCCN(C)CCOC. The summed E-state index contributed by atoms with van der Waals surface area (Å²) in [6.45, 7) is 7.92. The second-order valence-corrected chi connectivity index (χ2v) is 3.52. The summed E-state index contributed by atoms with van der Waals surface area (Å²) in [5.41, 5.74) is 0. The molecule has 0 aromatic carbocycles. The van der Waals surface area contributed by atoms with E-state index in [1.54, 1.807) is 7.11 Å². The molecule has 0 aromatic rings. The number of hydrogen-bond donors (Lipinski definition) is 1. The molecule has 0 aliphatic rings. The van der Waals surface area contributed by atoms with Crippen molar-refractivity contribution in [3.05, 3.63) is 11.6 Å². The Labute approximate surface area is 85.7 Å². The van der Waals surface area contributed by atoms with E-state index in [4.69, 9.17) is 16.3 Å². The molecule has 0 bridgehead atoms. The molecule has 3 nitrogen and oxygen atoms in total. The smallest absolute Gasteiger partial charge is 0.0589 e. The topological polar surface area (TPSA) is 24.5 Å². The van der Waals surface area contributed by atoms with E-state index in [0.717, 1.165) is 26.2 Å². The summed E-state index contributed by atoms with van der Waals surface area (Å²) in [6.07, 6.45) is 0. The molecule has 13 heavy (non-hydrogen) atoms. The van der Waals surface area contributed by atoms with Gasteiger partial charge in [-0.15, -0.1) is 0 Å². The average molecular weight is 207 g/mol. The quantitative estimate of drug-likeness (QED) is 0.598. The van der Waals surface area contributed by atoms with Gasteiger partial charge in [0, 0.05) is 38.3 Å². The molecule has 1 N–H and O–H groups in total. The van der Waals surface area contributed by atoms with Crippen molar-refractivity contribution >= 4 is 11.6 Å². The second kappa shape index (κ2) is 8.51. The van der Waals surface area contributed by atoms with Gasteiger partial charge in [0.15, 0.2) is 0 Å². The van der Waals surface area contributed by atoms with E-state index < -0.39 is 0 Å². The molecule has 0 unspecified atom stereocenters. The van der Waals surface area contributed by atoms with Crippen LogP contribution in [0.4, 0.5) is 0 Å². The maximum atomic E-state index is 5.59. The normalized spacial score (nSPS) is 10.8. The predicted molar refractivity (Wildman–Crippen MR) is 57.2 cm³/mol. The number of likely N-dealkylation sites (N-methyl/N-ethyl adjacent to an activating group) is 1. The molecular formula is C9H19ClN2O. The number of hydrogen-bond acceptors (Lipinski definition) is 3.